The lowest BCUT2D eigenvalue weighted by Gasteiger charge is -2.24. The van der Waals surface area contributed by atoms with Crippen LogP contribution in [0.1, 0.15) is 63.0 Å². The van der Waals surface area contributed by atoms with E-state index in [1.807, 2.05) is 30.8 Å². The predicted octanol–water partition coefficient (Wildman–Crippen LogP) is 4.24. The van der Waals surface area contributed by atoms with E-state index in [-0.39, 0.29) is 11.9 Å². The largest absolute Gasteiger partial charge is 0.354 e. The van der Waals surface area contributed by atoms with Gasteiger partial charge in [-0.15, -0.1) is 0 Å². The van der Waals surface area contributed by atoms with Crippen LogP contribution in [0.5, 0.6) is 0 Å². The summed E-state index contributed by atoms with van der Waals surface area (Å²) in [7, 11) is 0. The molecule has 3 aromatic rings. The minimum atomic E-state index is -0.0441. The average molecular weight is 362 g/mol. The molecule has 1 aliphatic rings. The van der Waals surface area contributed by atoms with Gasteiger partial charge in [-0.1, -0.05) is 6.07 Å². The SMILES string of the molecule is Cc1cc(C)c(C(=O)N[C@H]2CCCc3c2cnn3-c2ccc(C)c(C)c2)[nH]1. The van der Waals surface area contributed by atoms with E-state index < -0.39 is 0 Å². The van der Waals surface area contributed by atoms with Crippen molar-refractivity contribution in [3.8, 4) is 5.69 Å². The zero-order valence-electron chi connectivity index (χ0n) is 16.4. The number of H-pyrrole nitrogens is 1. The van der Waals surface area contributed by atoms with Gasteiger partial charge in [0.25, 0.3) is 5.91 Å². The maximum absolute atomic E-state index is 12.7. The number of aromatic nitrogens is 3. The van der Waals surface area contributed by atoms with Gasteiger partial charge in [-0.3, -0.25) is 4.79 Å². The van der Waals surface area contributed by atoms with Crippen molar-refractivity contribution in [1.29, 1.82) is 0 Å². The molecule has 1 atom stereocenters. The number of hydrogen-bond donors (Lipinski definition) is 2. The second-order valence-corrected chi connectivity index (χ2v) is 7.66. The van der Waals surface area contributed by atoms with Crippen molar-refractivity contribution in [2.45, 2.75) is 53.0 Å². The maximum atomic E-state index is 12.7. The van der Waals surface area contributed by atoms with Crippen LogP contribution in [0.15, 0.2) is 30.5 Å². The lowest BCUT2D eigenvalue weighted by molar-refractivity contribution is 0.0927. The maximum Gasteiger partial charge on any atom is 0.268 e. The Hall–Kier alpha value is -2.82. The highest BCUT2D eigenvalue weighted by Crippen LogP contribution is 2.31. The average Bonchev–Trinajstić information content (AvgIpc) is 3.21. The molecule has 0 bridgehead atoms. The number of aromatic amines is 1. The molecule has 1 amide bonds. The first-order chi connectivity index (χ1) is 12.9. The van der Waals surface area contributed by atoms with E-state index in [4.69, 9.17) is 0 Å². The number of nitrogens with zero attached hydrogens (tertiary/aromatic N) is 2. The molecular formula is C22H26N4O. The number of nitrogens with one attached hydrogen (secondary N) is 2. The zero-order chi connectivity index (χ0) is 19.1. The summed E-state index contributed by atoms with van der Waals surface area (Å²) < 4.78 is 2.03. The van der Waals surface area contributed by atoms with Crippen LogP contribution < -0.4 is 5.32 Å². The van der Waals surface area contributed by atoms with Crippen LogP contribution in [0.2, 0.25) is 0 Å². The molecule has 0 unspecified atom stereocenters. The van der Waals surface area contributed by atoms with Crippen molar-refractivity contribution in [2.75, 3.05) is 0 Å². The Morgan fingerprint density at radius 1 is 1.15 bits per heavy atom. The Labute approximate surface area is 159 Å². The summed E-state index contributed by atoms with van der Waals surface area (Å²) in [4.78, 5) is 15.9. The number of fused-ring (bicyclic) bond motifs is 1. The molecule has 140 valence electrons. The monoisotopic (exact) mass is 362 g/mol. The molecule has 5 nitrogen and oxygen atoms in total. The number of hydrogen-bond acceptors (Lipinski definition) is 2. The number of rotatable bonds is 3. The Morgan fingerprint density at radius 3 is 2.67 bits per heavy atom. The second kappa shape index (κ2) is 6.72. The Kier molecular flexibility index (Phi) is 4.38. The summed E-state index contributed by atoms with van der Waals surface area (Å²) in [5, 5.41) is 7.86. The minimum Gasteiger partial charge on any atom is -0.354 e. The lowest BCUT2D eigenvalue weighted by Crippen LogP contribution is -2.31. The van der Waals surface area contributed by atoms with Gasteiger partial charge in [0.2, 0.25) is 0 Å². The van der Waals surface area contributed by atoms with Gasteiger partial charge in [-0.25, -0.2) is 4.68 Å². The van der Waals surface area contributed by atoms with Crippen molar-refractivity contribution in [1.82, 2.24) is 20.1 Å². The van der Waals surface area contributed by atoms with Crippen molar-refractivity contribution < 1.29 is 4.79 Å². The first-order valence-corrected chi connectivity index (χ1v) is 9.55. The zero-order valence-corrected chi connectivity index (χ0v) is 16.4. The number of amides is 1. The number of carbonyl (C=O) groups is 1. The lowest BCUT2D eigenvalue weighted by atomic mass is 9.92. The van der Waals surface area contributed by atoms with Crippen molar-refractivity contribution in [2.24, 2.45) is 0 Å². The van der Waals surface area contributed by atoms with E-state index in [9.17, 15) is 4.79 Å². The summed E-state index contributed by atoms with van der Waals surface area (Å²) in [5.74, 6) is -0.0441. The van der Waals surface area contributed by atoms with Crippen LogP contribution in [0.25, 0.3) is 5.69 Å². The molecule has 0 aliphatic heterocycles. The highest BCUT2D eigenvalue weighted by atomic mass is 16.2. The number of benzene rings is 1. The molecule has 2 aromatic heterocycles. The first-order valence-electron chi connectivity index (χ1n) is 9.55. The van der Waals surface area contributed by atoms with Gasteiger partial charge in [0.05, 0.1) is 17.9 Å². The van der Waals surface area contributed by atoms with E-state index in [0.717, 1.165) is 41.8 Å². The summed E-state index contributed by atoms with van der Waals surface area (Å²) in [6.07, 6.45) is 4.88. The van der Waals surface area contributed by atoms with Gasteiger partial charge < -0.3 is 10.3 Å². The second-order valence-electron chi connectivity index (χ2n) is 7.66. The third-order valence-corrected chi connectivity index (χ3v) is 5.60. The predicted molar refractivity (Wildman–Crippen MR) is 106 cm³/mol. The fraction of sp³-hybridized carbons (Fsp3) is 0.364. The summed E-state index contributed by atoms with van der Waals surface area (Å²) >= 11 is 0. The molecule has 1 aliphatic carbocycles. The molecular weight excluding hydrogens is 336 g/mol. The van der Waals surface area contributed by atoms with Crippen LogP contribution in [-0.4, -0.2) is 20.7 Å². The Balaban J connectivity index is 1.63. The van der Waals surface area contributed by atoms with E-state index in [0.29, 0.717) is 5.69 Å². The highest BCUT2D eigenvalue weighted by Gasteiger charge is 2.27. The summed E-state index contributed by atoms with van der Waals surface area (Å²) in [5.41, 5.74) is 8.60. The van der Waals surface area contributed by atoms with Crippen molar-refractivity contribution in [3.05, 3.63) is 69.8 Å². The molecule has 5 heteroatoms. The number of carbonyl (C=O) groups excluding carboxylic acids is 1. The third-order valence-electron chi connectivity index (χ3n) is 5.60. The normalized spacial score (nSPS) is 16.2. The molecule has 0 saturated heterocycles. The van der Waals surface area contributed by atoms with Crippen LogP contribution >= 0.6 is 0 Å². The van der Waals surface area contributed by atoms with Crippen LogP contribution in [0.4, 0.5) is 0 Å². The standard InChI is InChI=1S/C22H26N4O/c1-13-8-9-17(11-14(13)2)26-20-7-5-6-19(18(20)12-23-26)25-22(27)21-15(3)10-16(4)24-21/h8-12,19,24H,5-7H2,1-4H3,(H,25,27)/t19-/m0/s1. The summed E-state index contributed by atoms with van der Waals surface area (Å²) in [6, 6.07) is 8.43. The quantitative estimate of drug-likeness (QED) is 0.732. The van der Waals surface area contributed by atoms with Gasteiger partial charge in [0, 0.05) is 17.0 Å². The molecule has 4 rings (SSSR count). The Morgan fingerprint density at radius 2 is 1.96 bits per heavy atom. The smallest absolute Gasteiger partial charge is 0.268 e. The molecule has 1 aromatic carbocycles. The van der Waals surface area contributed by atoms with Crippen molar-refractivity contribution >= 4 is 5.91 Å². The Bertz CT molecular complexity index is 1010. The highest BCUT2D eigenvalue weighted by molar-refractivity contribution is 5.94. The van der Waals surface area contributed by atoms with E-state index in [1.54, 1.807) is 0 Å². The van der Waals surface area contributed by atoms with Gasteiger partial charge >= 0.3 is 0 Å². The van der Waals surface area contributed by atoms with Gasteiger partial charge in [-0.2, -0.15) is 5.10 Å². The van der Waals surface area contributed by atoms with Gasteiger partial charge in [0.15, 0.2) is 0 Å². The fourth-order valence-electron chi connectivity index (χ4n) is 3.98. The molecule has 0 saturated carbocycles. The fourth-order valence-corrected chi connectivity index (χ4v) is 3.98. The summed E-state index contributed by atoms with van der Waals surface area (Å²) in [6.45, 7) is 8.17. The van der Waals surface area contributed by atoms with Gasteiger partial charge in [0.1, 0.15) is 5.69 Å². The van der Waals surface area contributed by atoms with Crippen LogP contribution in [0, 0.1) is 27.7 Å². The molecule has 2 heterocycles. The molecule has 0 radical (unpaired) electrons. The number of aryl methyl sites for hydroxylation is 4. The molecule has 27 heavy (non-hydrogen) atoms. The molecule has 0 fully saturated rings. The first kappa shape index (κ1) is 17.6. The minimum absolute atomic E-state index is 0.00421. The van der Waals surface area contributed by atoms with Gasteiger partial charge in [-0.05, 0) is 81.8 Å². The van der Waals surface area contributed by atoms with Crippen LogP contribution in [0.3, 0.4) is 0 Å². The third kappa shape index (κ3) is 3.18. The van der Waals surface area contributed by atoms with E-state index >= 15 is 0 Å². The van der Waals surface area contributed by atoms with Crippen LogP contribution in [-0.2, 0) is 6.42 Å². The molecule has 0 spiro atoms. The molecule has 2 N–H and O–H groups in total. The topological polar surface area (TPSA) is 62.7 Å². The van der Waals surface area contributed by atoms with E-state index in [2.05, 4.69) is 47.4 Å². The van der Waals surface area contributed by atoms with E-state index in [1.165, 1.54) is 16.8 Å². The van der Waals surface area contributed by atoms with Crippen molar-refractivity contribution in [3.63, 3.8) is 0 Å².